The van der Waals surface area contributed by atoms with Crippen LogP contribution in [-0.2, 0) is 5.41 Å². The fraction of sp³-hybridized carbons (Fsp3) is 0.280. The molecule has 1 fully saturated rings. The van der Waals surface area contributed by atoms with Gasteiger partial charge in [0.1, 0.15) is 5.69 Å². The minimum atomic E-state index is -0.714. The van der Waals surface area contributed by atoms with Gasteiger partial charge in [0.05, 0.1) is 34.8 Å². The maximum Gasteiger partial charge on any atom is 0.268 e. The van der Waals surface area contributed by atoms with E-state index in [2.05, 4.69) is 31.1 Å². The van der Waals surface area contributed by atoms with Gasteiger partial charge in [-0.15, -0.1) is 10.2 Å². The predicted molar refractivity (Wildman–Crippen MR) is 134 cm³/mol. The Morgan fingerprint density at radius 1 is 1.12 bits per heavy atom. The first-order chi connectivity index (χ1) is 16.3. The van der Waals surface area contributed by atoms with Crippen LogP contribution in [0, 0.1) is 18.3 Å². The second-order valence-electron chi connectivity index (χ2n) is 8.98. The van der Waals surface area contributed by atoms with Gasteiger partial charge in [0, 0.05) is 46.4 Å². The van der Waals surface area contributed by atoms with Gasteiger partial charge in [0.15, 0.2) is 0 Å². The second kappa shape index (κ2) is 8.32. The highest BCUT2D eigenvalue weighted by Crippen LogP contribution is 2.30. The van der Waals surface area contributed by atoms with Crippen molar-refractivity contribution >= 4 is 5.69 Å². The summed E-state index contributed by atoms with van der Waals surface area (Å²) >= 11 is 0. The Bertz CT molecular complexity index is 1410. The summed E-state index contributed by atoms with van der Waals surface area (Å²) < 4.78 is 6.01. The minimum absolute atomic E-state index is 0. The molecular weight excluding hydrogens is 428 g/mol. The second-order valence-corrected chi connectivity index (χ2v) is 8.98. The van der Waals surface area contributed by atoms with E-state index in [1.54, 1.807) is 12.4 Å². The van der Waals surface area contributed by atoms with Gasteiger partial charge in [0.2, 0.25) is 5.89 Å². The third-order valence-corrected chi connectivity index (χ3v) is 5.93. The lowest BCUT2D eigenvalue weighted by Crippen LogP contribution is -2.55. The van der Waals surface area contributed by atoms with Crippen LogP contribution in [0.5, 0.6) is 0 Å². The van der Waals surface area contributed by atoms with Crippen molar-refractivity contribution in [2.24, 2.45) is 5.73 Å². The van der Waals surface area contributed by atoms with Crippen molar-refractivity contribution in [2.45, 2.75) is 32.2 Å². The van der Waals surface area contributed by atoms with E-state index in [1.165, 1.54) is 0 Å². The molecule has 0 atom stereocenters. The Kier molecular flexibility index (Phi) is 5.30. The molecule has 0 spiro atoms. The first-order valence-electron chi connectivity index (χ1n) is 11.0. The van der Waals surface area contributed by atoms with E-state index in [-0.39, 0.29) is 10.3 Å². The molecule has 9 nitrogen and oxygen atoms in total. The van der Waals surface area contributed by atoms with Crippen LogP contribution >= 0.6 is 0 Å². The molecule has 1 saturated heterocycles. The average Bonchev–Trinajstić information content (AvgIpc) is 3.33. The van der Waals surface area contributed by atoms with Gasteiger partial charge in [-0.05, 0) is 51.1 Å². The van der Waals surface area contributed by atoms with Crippen LogP contribution in [0.2, 0.25) is 0 Å². The molecule has 9 heteroatoms. The quantitative estimate of drug-likeness (QED) is 0.466. The number of pyridine rings is 1. The molecule has 176 valence electrons. The SMILES string of the molecule is Cc1ncc(-c2ccnc(C(C)(C)C#N)c2)nc1-c1nnc(-c2cccc(N3CC(N)C3)c2)o1.[HH].[HH].[HH]. The molecule has 1 aromatic carbocycles. The molecule has 1 aliphatic rings. The predicted octanol–water partition coefficient (Wildman–Crippen LogP) is 4.25. The monoisotopic (exact) mass is 458 g/mol. The summed E-state index contributed by atoms with van der Waals surface area (Å²) in [4.78, 5) is 15.8. The molecule has 4 aromatic rings. The largest absolute Gasteiger partial charge is 0.415 e. The average molecular weight is 459 g/mol. The number of rotatable bonds is 5. The van der Waals surface area contributed by atoms with Crippen molar-refractivity contribution < 1.29 is 8.70 Å². The molecule has 0 unspecified atom stereocenters. The van der Waals surface area contributed by atoms with Crippen LogP contribution in [0.25, 0.3) is 34.3 Å². The Morgan fingerprint density at radius 2 is 1.91 bits per heavy atom. The molecule has 34 heavy (non-hydrogen) atoms. The lowest BCUT2D eigenvalue weighted by Gasteiger charge is -2.38. The van der Waals surface area contributed by atoms with E-state index in [9.17, 15) is 5.26 Å². The normalized spacial score (nSPS) is 14.0. The van der Waals surface area contributed by atoms with E-state index < -0.39 is 5.41 Å². The van der Waals surface area contributed by atoms with Crippen molar-refractivity contribution in [3.8, 4) is 40.4 Å². The third kappa shape index (κ3) is 4.00. The Labute approximate surface area is 201 Å². The molecule has 0 bridgehead atoms. The number of aryl methyl sites for hydroxylation is 1. The van der Waals surface area contributed by atoms with Crippen LogP contribution in [0.3, 0.4) is 0 Å². The van der Waals surface area contributed by atoms with Crippen LogP contribution in [0.1, 0.15) is 29.5 Å². The highest BCUT2D eigenvalue weighted by Gasteiger charge is 2.24. The maximum absolute atomic E-state index is 9.46. The molecule has 1 aliphatic heterocycles. The van der Waals surface area contributed by atoms with Crippen LogP contribution < -0.4 is 10.6 Å². The molecule has 0 saturated carbocycles. The smallest absolute Gasteiger partial charge is 0.268 e. The van der Waals surface area contributed by atoms with Gasteiger partial charge in [0.25, 0.3) is 5.89 Å². The Balaban J connectivity index is 0.00000160. The first kappa shape index (κ1) is 21.7. The Morgan fingerprint density at radius 3 is 2.68 bits per heavy atom. The van der Waals surface area contributed by atoms with E-state index in [0.29, 0.717) is 34.6 Å². The molecule has 5 rings (SSSR count). The van der Waals surface area contributed by atoms with Gasteiger partial charge in [-0.1, -0.05) is 6.07 Å². The lowest BCUT2D eigenvalue weighted by molar-refractivity contribution is 0.519. The number of nitrogens with zero attached hydrogens (tertiary/aromatic N) is 7. The summed E-state index contributed by atoms with van der Waals surface area (Å²) in [6.45, 7) is 7.18. The highest BCUT2D eigenvalue weighted by molar-refractivity contribution is 5.66. The van der Waals surface area contributed by atoms with Crippen molar-refractivity contribution in [1.82, 2.24) is 25.1 Å². The summed E-state index contributed by atoms with van der Waals surface area (Å²) in [7, 11) is 0. The number of nitrogens with two attached hydrogens (primary N) is 1. The summed E-state index contributed by atoms with van der Waals surface area (Å²) in [5.41, 5.74) is 10.4. The standard InChI is InChI=1S/C25H24N8O.3H2/c1-15-22(30-20(11-29-15)16-7-8-28-21(10-16)25(2,3)14-26)24-32-31-23(34-24)17-5-4-6-19(9-17)33-12-18(27)13-33;;;/h4-11,18H,12-13,27H2,1-3H3;3*1H. The van der Waals surface area contributed by atoms with Crippen molar-refractivity contribution in [1.29, 1.82) is 5.26 Å². The van der Waals surface area contributed by atoms with E-state index in [0.717, 1.165) is 29.9 Å². The zero-order valence-corrected chi connectivity index (χ0v) is 19.2. The van der Waals surface area contributed by atoms with Gasteiger partial charge in [-0.2, -0.15) is 5.26 Å². The van der Waals surface area contributed by atoms with Crippen LogP contribution in [0.15, 0.2) is 53.2 Å². The minimum Gasteiger partial charge on any atom is -0.415 e. The van der Waals surface area contributed by atoms with Crippen molar-refractivity contribution in [3.05, 3.63) is 60.2 Å². The van der Waals surface area contributed by atoms with Crippen molar-refractivity contribution in [2.75, 3.05) is 18.0 Å². The Hall–Kier alpha value is -4.16. The number of anilines is 1. The summed E-state index contributed by atoms with van der Waals surface area (Å²) in [5, 5.41) is 17.9. The number of aromatic nitrogens is 5. The zero-order chi connectivity index (χ0) is 23.9. The number of benzene rings is 1. The molecular formula is C25H30N8O. The maximum atomic E-state index is 9.46. The fourth-order valence-electron chi connectivity index (χ4n) is 3.77. The van der Waals surface area contributed by atoms with Gasteiger partial charge < -0.3 is 15.1 Å². The molecule has 3 aromatic heterocycles. The van der Waals surface area contributed by atoms with Crippen LogP contribution in [-0.4, -0.2) is 44.3 Å². The molecule has 4 heterocycles. The third-order valence-electron chi connectivity index (χ3n) is 5.93. The topological polar surface area (TPSA) is 131 Å². The molecule has 2 N–H and O–H groups in total. The summed E-state index contributed by atoms with van der Waals surface area (Å²) in [5.74, 6) is 0.708. The van der Waals surface area contributed by atoms with Gasteiger partial charge >= 0.3 is 0 Å². The molecule has 0 aliphatic carbocycles. The number of hydrogen-bond donors (Lipinski definition) is 1. The van der Waals surface area contributed by atoms with Crippen LogP contribution in [0.4, 0.5) is 5.69 Å². The first-order valence-corrected chi connectivity index (χ1v) is 11.0. The van der Waals surface area contributed by atoms with Gasteiger partial charge in [-0.25, -0.2) is 4.98 Å². The lowest BCUT2D eigenvalue weighted by atomic mass is 9.90. The van der Waals surface area contributed by atoms with E-state index in [4.69, 9.17) is 15.1 Å². The van der Waals surface area contributed by atoms with E-state index >= 15 is 0 Å². The highest BCUT2D eigenvalue weighted by atomic mass is 16.4. The zero-order valence-electron chi connectivity index (χ0n) is 19.2. The van der Waals surface area contributed by atoms with Crippen molar-refractivity contribution in [3.63, 3.8) is 0 Å². The van der Waals surface area contributed by atoms with E-state index in [1.807, 2.05) is 57.2 Å². The summed E-state index contributed by atoms with van der Waals surface area (Å²) in [6, 6.07) is 14.2. The molecule has 0 amide bonds. The molecule has 0 radical (unpaired) electrons. The number of nitriles is 1. The van der Waals surface area contributed by atoms with Gasteiger partial charge in [-0.3, -0.25) is 9.97 Å². The fourth-order valence-corrected chi connectivity index (χ4v) is 3.77. The summed E-state index contributed by atoms with van der Waals surface area (Å²) in [6.07, 6.45) is 3.36. The number of hydrogen-bond acceptors (Lipinski definition) is 9.